The Kier molecular flexibility index (Phi) is 5.91. The molecule has 0 aliphatic carbocycles. The lowest BCUT2D eigenvalue weighted by Gasteiger charge is -2.12. The number of halogens is 2. The van der Waals surface area contributed by atoms with Crippen molar-refractivity contribution in [3.8, 4) is 0 Å². The zero-order valence-electron chi connectivity index (χ0n) is 13.7. The van der Waals surface area contributed by atoms with Crippen molar-refractivity contribution in [2.75, 3.05) is 14.1 Å². The van der Waals surface area contributed by atoms with Crippen molar-refractivity contribution in [2.24, 2.45) is 0 Å². The van der Waals surface area contributed by atoms with Crippen LogP contribution in [0.2, 0.25) is 0 Å². The number of hydrogen-bond acceptors (Lipinski definition) is 5. The fourth-order valence-electron chi connectivity index (χ4n) is 1.92. The molecule has 1 atom stereocenters. The van der Waals surface area contributed by atoms with Crippen LogP contribution in [0.5, 0.6) is 0 Å². The van der Waals surface area contributed by atoms with E-state index in [0.29, 0.717) is 5.03 Å². The number of carbonyl (C=O) groups excluding carboxylic acids is 1. The van der Waals surface area contributed by atoms with Crippen molar-refractivity contribution < 1.29 is 22.0 Å². The normalized spacial score (nSPS) is 13.0. The molecule has 0 spiro atoms. The Balaban J connectivity index is 2.13. The molecule has 0 saturated carbocycles. The predicted octanol–water partition coefficient (Wildman–Crippen LogP) is 2.97. The standard InChI is InChI=1S/C16H16F2N2O3S2/c1-10(16(21)11-4-6-13(17)14(18)8-11)24-15-7-5-12(9-19-15)25(22,23)20(2)3/h4-10H,1-3H3/t10-/m0/s1. The lowest BCUT2D eigenvalue weighted by Crippen LogP contribution is -2.22. The second-order valence-electron chi connectivity index (χ2n) is 5.37. The molecular formula is C16H16F2N2O3S2. The third-order valence-electron chi connectivity index (χ3n) is 3.36. The number of sulfonamides is 1. The maximum atomic E-state index is 13.2. The van der Waals surface area contributed by atoms with Crippen LogP contribution in [-0.4, -0.2) is 42.8 Å². The Bertz CT molecular complexity index is 885. The molecule has 0 saturated heterocycles. The molecule has 0 radical (unpaired) electrons. The molecule has 1 aromatic heterocycles. The molecule has 0 aliphatic heterocycles. The average molecular weight is 386 g/mol. The first-order valence-corrected chi connectivity index (χ1v) is 9.49. The molecule has 1 aromatic carbocycles. The summed E-state index contributed by atoms with van der Waals surface area (Å²) in [4.78, 5) is 16.4. The number of carbonyl (C=O) groups is 1. The van der Waals surface area contributed by atoms with Gasteiger partial charge in [0, 0.05) is 25.9 Å². The maximum absolute atomic E-state index is 13.2. The highest BCUT2D eigenvalue weighted by Crippen LogP contribution is 2.25. The third-order valence-corrected chi connectivity index (χ3v) is 6.21. The first-order valence-electron chi connectivity index (χ1n) is 7.17. The van der Waals surface area contributed by atoms with E-state index in [1.807, 2.05) is 0 Å². The van der Waals surface area contributed by atoms with Crippen LogP contribution in [-0.2, 0) is 10.0 Å². The summed E-state index contributed by atoms with van der Waals surface area (Å²) < 4.78 is 51.2. The van der Waals surface area contributed by atoms with Crippen molar-refractivity contribution in [1.82, 2.24) is 9.29 Å². The first kappa shape index (κ1) is 19.5. The fourth-order valence-corrected chi connectivity index (χ4v) is 3.63. The number of Topliss-reactive ketones (excluding diaryl/α,β-unsaturated/α-hetero) is 1. The molecule has 0 N–H and O–H groups in total. The number of benzene rings is 1. The minimum atomic E-state index is -3.57. The second-order valence-corrected chi connectivity index (χ2v) is 8.89. The molecule has 9 heteroatoms. The van der Waals surface area contributed by atoms with Gasteiger partial charge >= 0.3 is 0 Å². The lowest BCUT2D eigenvalue weighted by atomic mass is 10.1. The van der Waals surface area contributed by atoms with Crippen molar-refractivity contribution in [1.29, 1.82) is 0 Å². The molecular weight excluding hydrogens is 370 g/mol. The summed E-state index contributed by atoms with van der Waals surface area (Å²) in [6.45, 7) is 1.61. The topological polar surface area (TPSA) is 67.3 Å². The van der Waals surface area contributed by atoms with Gasteiger partial charge in [-0.1, -0.05) is 11.8 Å². The molecule has 5 nitrogen and oxygen atoms in total. The van der Waals surface area contributed by atoms with Crippen molar-refractivity contribution in [2.45, 2.75) is 22.1 Å². The number of nitrogens with zero attached hydrogens (tertiary/aromatic N) is 2. The van der Waals surface area contributed by atoms with E-state index in [0.717, 1.165) is 28.2 Å². The maximum Gasteiger partial charge on any atom is 0.244 e. The molecule has 0 amide bonds. The van der Waals surface area contributed by atoms with Gasteiger partial charge in [0.25, 0.3) is 0 Å². The smallest absolute Gasteiger partial charge is 0.244 e. The Labute approximate surface area is 149 Å². The van der Waals surface area contributed by atoms with E-state index in [1.54, 1.807) is 6.92 Å². The molecule has 1 heterocycles. The van der Waals surface area contributed by atoms with Gasteiger partial charge in [-0.15, -0.1) is 0 Å². The average Bonchev–Trinajstić information content (AvgIpc) is 2.57. The Morgan fingerprint density at radius 2 is 1.84 bits per heavy atom. The van der Waals surface area contributed by atoms with Crippen molar-refractivity contribution in [3.05, 3.63) is 53.7 Å². The van der Waals surface area contributed by atoms with E-state index in [9.17, 15) is 22.0 Å². The largest absolute Gasteiger partial charge is 0.293 e. The van der Waals surface area contributed by atoms with Crippen molar-refractivity contribution >= 4 is 27.6 Å². The Morgan fingerprint density at radius 3 is 2.36 bits per heavy atom. The first-order chi connectivity index (χ1) is 11.6. The lowest BCUT2D eigenvalue weighted by molar-refractivity contribution is 0.0993. The summed E-state index contributed by atoms with van der Waals surface area (Å²) in [7, 11) is -0.738. The van der Waals surface area contributed by atoms with Gasteiger partial charge in [0.2, 0.25) is 10.0 Å². The molecule has 0 aliphatic rings. The zero-order valence-corrected chi connectivity index (χ0v) is 15.4. The number of rotatable bonds is 6. The van der Waals surface area contributed by atoms with Crippen LogP contribution in [0.15, 0.2) is 46.5 Å². The van der Waals surface area contributed by atoms with Crippen LogP contribution in [0.25, 0.3) is 0 Å². The number of ketones is 1. The van der Waals surface area contributed by atoms with E-state index >= 15 is 0 Å². The monoisotopic (exact) mass is 386 g/mol. The Morgan fingerprint density at radius 1 is 1.16 bits per heavy atom. The summed E-state index contributed by atoms with van der Waals surface area (Å²) in [5, 5.41) is -0.158. The van der Waals surface area contributed by atoms with E-state index in [4.69, 9.17) is 0 Å². The van der Waals surface area contributed by atoms with Gasteiger partial charge in [-0.3, -0.25) is 4.79 Å². The Hall–Kier alpha value is -1.84. The minimum Gasteiger partial charge on any atom is -0.293 e. The predicted molar refractivity (Wildman–Crippen MR) is 91.1 cm³/mol. The van der Waals surface area contributed by atoms with Gasteiger partial charge < -0.3 is 0 Å². The van der Waals surface area contributed by atoms with Gasteiger partial charge in [-0.05, 0) is 37.3 Å². The molecule has 0 bridgehead atoms. The number of thioether (sulfide) groups is 1. The van der Waals surface area contributed by atoms with Crippen LogP contribution in [0.3, 0.4) is 0 Å². The molecule has 134 valence electrons. The summed E-state index contributed by atoms with van der Waals surface area (Å²) in [5.41, 5.74) is 0.0608. The van der Waals surface area contributed by atoms with Crippen LogP contribution in [0, 0.1) is 11.6 Å². The molecule has 0 fully saturated rings. The van der Waals surface area contributed by atoms with Gasteiger partial charge in [0.15, 0.2) is 17.4 Å². The van der Waals surface area contributed by atoms with E-state index in [-0.39, 0.29) is 16.2 Å². The highest BCUT2D eigenvalue weighted by Gasteiger charge is 2.20. The molecule has 0 unspecified atom stereocenters. The van der Waals surface area contributed by atoms with Crippen LogP contribution in [0.4, 0.5) is 8.78 Å². The molecule has 25 heavy (non-hydrogen) atoms. The van der Waals surface area contributed by atoms with Gasteiger partial charge in [-0.2, -0.15) is 0 Å². The summed E-state index contributed by atoms with van der Waals surface area (Å²) >= 11 is 1.10. The van der Waals surface area contributed by atoms with Gasteiger partial charge in [0.05, 0.1) is 10.3 Å². The van der Waals surface area contributed by atoms with Crippen LogP contribution < -0.4 is 0 Å². The van der Waals surface area contributed by atoms with Crippen molar-refractivity contribution in [3.63, 3.8) is 0 Å². The summed E-state index contributed by atoms with van der Waals surface area (Å²) in [6.07, 6.45) is 1.21. The highest BCUT2D eigenvalue weighted by atomic mass is 32.2. The van der Waals surface area contributed by atoms with Crippen LogP contribution in [0.1, 0.15) is 17.3 Å². The molecule has 2 rings (SSSR count). The number of pyridine rings is 1. The number of aromatic nitrogens is 1. The van der Waals surface area contributed by atoms with Gasteiger partial charge in [-0.25, -0.2) is 26.5 Å². The quantitative estimate of drug-likeness (QED) is 0.564. The number of hydrogen-bond donors (Lipinski definition) is 0. The fraction of sp³-hybridized carbons (Fsp3) is 0.250. The van der Waals surface area contributed by atoms with E-state index in [1.165, 1.54) is 38.5 Å². The zero-order chi connectivity index (χ0) is 18.8. The highest BCUT2D eigenvalue weighted by molar-refractivity contribution is 8.00. The SMILES string of the molecule is C[C@H](Sc1ccc(S(=O)(=O)N(C)C)cn1)C(=O)c1ccc(F)c(F)c1. The van der Waals surface area contributed by atoms with E-state index < -0.39 is 26.9 Å². The van der Waals surface area contributed by atoms with Crippen LogP contribution >= 0.6 is 11.8 Å². The summed E-state index contributed by atoms with van der Waals surface area (Å²) in [5.74, 6) is -2.48. The third kappa shape index (κ3) is 4.42. The van der Waals surface area contributed by atoms with Gasteiger partial charge in [0.1, 0.15) is 4.90 Å². The summed E-state index contributed by atoms with van der Waals surface area (Å²) in [6, 6.07) is 5.88. The minimum absolute atomic E-state index is 0.0430. The second kappa shape index (κ2) is 7.59. The van der Waals surface area contributed by atoms with E-state index in [2.05, 4.69) is 4.98 Å². The molecule has 2 aromatic rings.